The first-order chi connectivity index (χ1) is 20.1. The van der Waals surface area contributed by atoms with E-state index in [0.717, 1.165) is 42.4 Å². The van der Waals surface area contributed by atoms with Crippen LogP contribution in [0.3, 0.4) is 0 Å². The minimum atomic E-state index is -3.68. The standard InChI is InChI=1S/C37H60F2N2O2/c1-23(2)9-8-10-24(3)29-12-13-30-28-11-14-32-34(4,5)33(16-18-36(32,7)31(28)15-17-35(29,30)6)43-37(38,39)42-22-25-19-26(40)21-27(41)20-25/h19-21,23-24,28-33H,8-18,22,40-41H2,1-7H3/t24-,28+,29-,30+,31+,32?,33?,35-,36-/m1/s1. The van der Waals surface area contributed by atoms with Crippen LogP contribution in [-0.2, 0) is 16.1 Å². The summed E-state index contributed by atoms with van der Waals surface area (Å²) >= 11 is 0. The predicted molar refractivity (Wildman–Crippen MR) is 172 cm³/mol. The number of anilines is 2. The van der Waals surface area contributed by atoms with Gasteiger partial charge in [0.2, 0.25) is 0 Å². The number of nitrogen functional groups attached to an aromatic ring is 2. The van der Waals surface area contributed by atoms with Crippen molar-refractivity contribution in [1.29, 1.82) is 0 Å². The van der Waals surface area contributed by atoms with Gasteiger partial charge in [0.1, 0.15) is 0 Å². The minimum absolute atomic E-state index is 0.170. The monoisotopic (exact) mass is 602 g/mol. The molecule has 9 atom stereocenters. The van der Waals surface area contributed by atoms with Crippen LogP contribution in [-0.4, -0.2) is 12.4 Å². The van der Waals surface area contributed by atoms with Crippen molar-refractivity contribution in [3.8, 4) is 0 Å². The lowest BCUT2D eigenvalue weighted by Gasteiger charge is -2.65. The Hall–Kier alpha value is -1.40. The Morgan fingerprint density at radius 2 is 1.49 bits per heavy atom. The van der Waals surface area contributed by atoms with Crippen LogP contribution in [0.15, 0.2) is 18.2 Å². The summed E-state index contributed by atoms with van der Waals surface area (Å²) in [6, 6.07) is 4.81. The van der Waals surface area contributed by atoms with Gasteiger partial charge >= 0.3 is 6.29 Å². The summed E-state index contributed by atoms with van der Waals surface area (Å²) in [5.74, 6) is 5.09. The molecule has 4 saturated carbocycles. The summed E-state index contributed by atoms with van der Waals surface area (Å²) in [6.07, 6.45) is 9.20. The molecule has 0 radical (unpaired) electrons. The van der Waals surface area contributed by atoms with Gasteiger partial charge in [-0.25, -0.2) is 0 Å². The van der Waals surface area contributed by atoms with E-state index in [4.69, 9.17) is 20.9 Å². The molecule has 0 aromatic heterocycles. The topological polar surface area (TPSA) is 70.5 Å². The summed E-state index contributed by atoms with van der Waals surface area (Å²) in [6.45, 7) is 16.4. The molecule has 0 bridgehead atoms. The van der Waals surface area contributed by atoms with Gasteiger partial charge in [-0.1, -0.05) is 67.7 Å². The van der Waals surface area contributed by atoms with Crippen molar-refractivity contribution in [3.05, 3.63) is 23.8 Å². The summed E-state index contributed by atoms with van der Waals surface area (Å²) < 4.78 is 40.8. The maximum atomic E-state index is 15.1. The lowest BCUT2D eigenvalue weighted by atomic mass is 9.41. The SMILES string of the molecule is CC(C)CCC[C@@H](C)[C@H]1CC[C@H]2[C@@H]3CCC4C(C)(C)C(OC(F)(F)OCc5cc(N)cc(N)c5)CC[C@]4(C)[C@H]3CC[C@]12C. The van der Waals surface area contributed by atoms with Crippen LogP contribution in [0.1, 0.15) is 125 Å². The fourth-order valence-electron chi connectivity index (χ4n) is 11.5. The van der Waals surface area contributed by atoms with Gasteiger partial charge in [-0.2, -0.15) is 0 Å². The van der Waals surface area contributed by atoms with Gasteiger partial charge < -0.3 is 11.5 Å². The zero-order valence-electron chi connectivity index (χ0n) is 28.1. The molecular weight excluding hydrogens is 542 g/mol. The average Bonchev–Trinajstić information content (AvgIpc) is 3.26. The largest absolute Gasteiger partial charge is 0.486 e. The summed E-state index contributed by atoms with van der Waals surface area (Å²) in [5, 5.41) is 0. The van der Waals surface area contributed by atoms with E-state index in [1.165, 1.54) is 51.4 Å². The molecule has 2 unspecified atom stereocenters. The Morgan fingerprint density at radius 3 is 2.16 bits per heavy atom. The Morgan fingerprint density at radius 1 is 0.837 bits per heavy atom. The third-order valence-corrected chi connectivity index (χ3v) is 13.5. The van der Waals surface area contributed by atoms with Crippen molar-refractivity contribution in [2.45, 2.75) is 138 Å². The summed E-state index contributed by atoms with van der Waals surface area (Å²) in [5.41, 5.74) is 13.3. The van der Waals surface area contributed by atoms with Gasteiger partial charge in [0.25, 0.3) is 0 Å². The molecule has 43 heavy (non-hydrogen) atoms. The fraction of sp³-hybridized carbons (Fsp3) is 0.838. The number of benzene rings is 1. The second-order valence-electron chi connectivity index (χ2n) is 16.8. The van der Waals surface area contributed by atoms with Gasteiger partial charge in [-0.05, 0) is 133 Å². The van der Waals surface area contributed by atoms with Gasteiger partial charge in [-0.15, -0.1) is 8.78 Å². The quantitative estimate of drug-likeness (QED) is 0.206. The molecule has 0 aliphatic heterocycles. The molecular formula is C37H60F2N2O2. The normalized spacial score (nSPS) is 37.9. The first kappa shape index (κ1) is 33.0. The Balaban J connectivity index is 1.24. The van der Waals surface area contributed by atoms with Crippen molar-refractivity contribution in [3.63, 3.8) is 0 Å². The summed E-state index contributed by atoms with van der Waals surface area (Å²) in [4.78, 5) is 0. The van der Waals surface area contributed by atoms with Gasteiger partial charge in [0.15, 0.2) is 0 Å². The van der Waals surface area contributed by atoms with E-state index >= 15 is 8.78 Å². The van der Waals surface area contributed by atoms with Crippen LogP contribution in [0.5, 0.6) is 0 Å². The van der Waals surface area contributed by atoms with E-state index in [0.29, 0.717) is 40.6 Å². The Bertz CT molecular complexity index is 1100. The van der Waals surface area contributed by atoms with E-state index in [1.54, 1.807) is 18.2 Å². The second kappa shape index (κ2) is 12.1. The average molecular weight is 603 g/mol. The smallest absolute Gasteiger partial charge is 0.399 e. The number of nitrogens with two attached hydrogens (primary N) is 2. The van der Waals surface area contributed by atoms with Gasteiger partial charge in [0, 0.05) is 11.4 Å². The molecule has 1 aromatic carbocycles. The lowest BCUT2D eigenvalue weighted by molar-refractivity contribution is -0.425. The van der Waals surface area contributed by atoms with Crippen LogP contribution in [0.25, 0.3) is 0 Å². The first-order valence-corrected chi connectivity index (χ1v) is 17.4. The third kappa shape index (κ3) is 6.35. The molecule has 0 heterocycles. The predicted octanol–water partition coefficient (Wildman–Crippen LogP) is 10.1. The molecule has 4 fully saturated rings. The number of ether oxygens (including phenoxy) is 2. The van der Waals surface area contributed by atoms with Crippen LogP contribution in [0, 0.1) is 57.7 Å². The van der Waals surface area contributed by atoms with E-state index in [2.05, 4.69) is 48.5 Å². The van der Waals surface area contributed by atoms with Crippen LogP contribution in [0.2, 0.25) is 0 Å². The molecule has 1 aromatic rings. The molecule has 0 amide bonds. The molecule has 4 aliphatic carbocycles. The van der Waals surface area contributed by atoms with Crippen LogP contribution >= 0.6 is 0 Å². The molecule has 4 N–H and O–H groups in total. The van der Waals surface area contributed by atoms with E-state index in [-0.39, 0.29) is 17.4 Å². The molecule has 0 saturated heterocycles. The fourth-order valence-corrected chi connectivity index (χ4v) is 11.5. The highest BCUT2D eigenvalue weighted by Crippen LogP contribution is 2.70. The molecule has 4 aliphatic rings. The number of hydrogen-bond donors (Lipinski definition) is 2. The summed E-state index contributed by atoms with van der Waals surface area (Å²) in [7, 11) is 0. The maximum absolute atomic E-state index is 15.1. The molecule has 244 valence electrons. The van der Waals surface area contributed by atoms with Crippen molar-refractivity contribution in [1.82, 2.24) is 0 Å². The van der Waals surface area contributed by atoms with E-state index in [9.17, 15) is 0 Å². The molecule has 5 rings (SSSR count). The van der Waals surface area contributed by atoms with Crippen LogP contribution < -0.4 is 11.5 Å². The number of alkyl halides is 2. The van der Waals surface area contributed by atoms with Crippen molar-refractivity contribution < 1.29 is 18.3 Å². The number of halogens is 2. The molecule has 4 nitrogen and oxygen atoms in total. The lowest BCUT2D eigenvalue weighted by Crippen LogP contribution is -2.60. The number of hydrogen-bond acceptors (Lipinski definition) is 4. The number of rotatable bonds is 10. The third-order valence-electron chi connectivity index (χ3n) is 13.5. The first-order valence-electron chi connectivity index (χ1n) is 17.4. The highest BCUT2D eigenvalue weighted by atomic mass is 19.3. The number of fused-ring (bicyclic) bond motifs is 5. The highest BCUT2D eigenvalue weighted by Gasteiger charge is 2.64. The molecule has 6 heteroatoms. The van der Waals surface area contributed by atoms with Crippen molar-refractivity contribution in [2.24, 2.45) is 57.7 Å². The van der Waals surface area contributed by atoms with Gasteiger partial charge in [-0.3, -0.25) is 9.47 Å². The highest BCUT2D eigenvalue weighted by molar-refractivity contribution is 5.54. The van der Waals surface area contributed by atoms with Crippen LogP contribution in [0.4, 0.5) is 20.2 Å². The van der Waals surface area contributed by atoms with Gasteiger partial charge in [0.05, 0.1) is 12.7 Å². The Labute approximate surface area is 260 Å². The second-order valence-corrected chi connectivity index (χ2v) is 16.8. The van der Waals surface area contributed by atoms with E-state index in [1.807, 2.05) is 0 Å². The Kier molecular flexibility index (Phi) is 9.26. The maximum Gasteiger partial charge on any atom is 0.486 e. The molecule has 0 spiro atoms. The zero-order valence-corrected chi connectivity index (χ0v) is 28.1. The minimum Gasteiger partial charge on any atom is -0.399 e. The van der Waals surface area contributed by atoms with Crippen molar-refractivity contribution >= 4 is 11.4 Å². The zero-order chi connectivity index (χ0) is 31.4. The van der Waals surface area contributed by atoms with Crippen molar-refractivity contribution in [2.75, 3.05) is 11.5 Å². The van der Waals surface area contributed by atoms with E-state index < -0.39 is 12.4 Å².